The molecule has 0 saturated heterocycles. The fraction of sp³-hybridized carbons (Fsp3) is 0.349. The number of rotatable bonds is 7. The average Bonchev–Trinajstić information content (AvgIpc) is 3.70. The fourth-order valence-electron chi connectivity index (χ4n) is 8.41. The maximum absolute atomic E-state index is 2.76. The summed E-state index contributed by atoms with van der Waals surface area (Å²) >= 11 is 0. The smallest absolute Gasteiger partial charge is 0.0709 e. The summed E-state index contributed by atoms with van der Waals surface area (Å²) in [5.74, 6) is 1.12. The minimum Gasteiger partial charge on any atom is -0.0709 e. The summed E-state index contributed by atoms with van der Waals surface area (Å²) in [5, 5.41) is 3.54. The molecule has 0 spiro atoms. The first kappa shape index (κ1) is 29.3. The van der Waals surface area contributed by atoms with Crippen LogP contribution in [-0.4, -0.2) is 8.07 Å². The second-order valence-electron chi connectivity index (χ2n) is 14.5. The Kier molecular flexibility index (Phi) is 7.87. The van der Waals surface area contributed by atoms with E-state index >= 15 is 0 Å². The molecule has 1 fully saturated rings. The number of hydrogen-bond acceptors (Lipinski definition) is 0. The molecule has 4 aromatic rings. The maximum Gasteiger partial charge on any atom is 0.109 e. The monoisotopic (exact) mass is 592 g/mol. The van der Waals surface area contributed by atoms with Crippen LogP contribution in [0.1, 0.15) is 105 Å². The maximum atomic E-state index is 2.76. The fourth-order valence-corrected chi connectivity index (χ4v) is 13.4. The van der Waals surface area contributed by atoms with Crippen LogP contribution in [0.3, 0.4) is 0 Å². The lowest BCUT2D eigenvalue weighted by Gasteiger charge is -2.41. The van der Waals surface area contributed by atoms with Crippen LogP contribution in [0.5, 0.6) is 0 Å². The van der Waals surface area contributed by atoms with Crippen molar-refractivity contribution >= 4 is 20.2 Å². The van der Waals surface area contributed by atoms with Crippen LogP contribution in [0, 0.1) is 0 Å². The summed E-state index contributed by atoms with van der Waals surface area (Å²) in [6.45, 7) is 11.9. The zero-order valence-corrected chi connectivity index (χ0v) is 28.4. The van der Waals surface area contributed by atoms with Crippen molar-refractivity contribution in [1.29, 1.82) is 0 Å². The van der Waals surface area contributed by atoms with E-state index in [1.165, 1.54) is 87.7 Å². The minimum atomic E-state index is -1.95. The van der Waals surface area contributed by atoms with E-state index in [4.69, 9.17) is 0 Å². The number of hydrogen-bond donors (Lipinski definition) is 0. The van der Waals surface area contributed by atoms with Gasteiger partial charge in [0.2, 0.25) is 0 Å². The molecule has 3 aliphatic carbocycles. The Bertz CT molecular complexity index is 1600. The van der Waals surface area contributed by atoms with Crippen LogP contribution < -0.4 is 0 Å². The summed E-state index contributed by atoms with van der Waals surface area (Å²) in [7, 11) is -1.95. The summed E-state index contributed by atoms with van der Waals surface area (Å²) < 4.78 is 0. The minimum absolute atomic E-state index is 0.558. The largest absolute Gasteiger partial charge is 0.109 e. The quantitative estimate of drug-likeness (QED) is 0.187. The van der Waals surface area contributed by atoms with E-state index in [1.54, 1.807) is 10.4 Å². The van der Waals surface area contributed by atoms with Gasteiger partial charge in [0.1, 0.15) is 8.07 Å². The number of fused-ring (bicyclic) bond motifs is 2. The van der Waals surface area contributed by atoms with E-state index in [9.17, 15) is 0 Å². The molecule has 0 heterocycles. The van der Waals surface area contributed by atoms with Gasteiger partial charge in [0.25, 0.3) is 0 Å². The SMILES string of the molecule is CC(C)c1ccc(-c2cccc3c2C=C([Si](C)(C2=Cc4c(cccc4-c4ccc(C(C)C)cc4)C2)C2CCCCC2)C3)cc1. The van der Waals surface area contributed by atoms with E-state index in [2.05, 4.69) is 131 Å². The van der Waals surface area contributed by atoms with Gasteiger partial charge in [0.05, 0.1) is 0 Å². The van der Waals surface area contributed by atoms with E-state index in [0.29, 0.717) is 11.8 Å². The molecule has 0 nitrogen and oxygen atoms in total. The van der Waals surface area contributed by atoms with Gasteiger partial charge in [-0.05, 0) is 85.9 Å². The molecule has 0 N–H and O–H groups in total. The first-order valence-corrected chi connectivity index (χ1v) is 19.8. The Labute approximate surface area is 267 Å². The van der Waals surface area contributed by atoms with Crippen molar-refractivity contribution in [3.05, 3.63) is 129 Å². The van der Waals surface area contributed by atoms with Crippen molar-refractivity contribution in [1.82, 2.24) is 0 Å². The van der Waals surface area contributed by atoms with Crippen molar-refractivity contribution < 1.29 is 0 Å². The van der Waals surface area contributed by atoms with Crippen molar-refractivity contribution in [2.24, 2.45) is 0 Å². The number of allylic oxidation sites excluding steroid dienone is 2. The molecule has 0 unspecified atom stereocenters. The molecule has 1 heteroatoms. The van der Waals surface area contributed by atoms with Crippen LogP contribution in [0.25, 0.3) is 34.4 Å². The van der Waals surface area contributed by atoms with Gasteiger partial charge in [0.15, 0.2) is 0 Å². The zero-order valence-electron chi connectivity index (χ0n) is 27.4. The molecule has 1 saturated carbocycles. The first-order valence-electron chi connectivity index (χ1n) is 17.2. The van der Waals surface area contributed by atoms with Gasteiger partial charge in [-0.2, -0.15) is 0 Å². The molecule has 3 aliphatic rings. The van der Waals surface area contributed by atoms with Crippen molar-refractivity contribution in [2.75, 3.05) is 0 Å². The van der Waals surface area contributed by atoms with Crippen LogP contribution in [0.15, 0.2) is 95.3 Å². The molecule has 44 heavy (non-hydrogen) atoms. The molecule has 0 aromatic heterocycles. The van der Waals surface area contributed by atoms with Crippen LogP contribution >= 0.6 is 0 Å². The van der Waals surface area contributed by atoms with Gasteiger partial charge in [-0.3, -0.25) is 0 Å². The highest BCUT2D eigenvalue weighted by Gasteiger charge is 2.46. The lowest BCUT2D eigenvalue weighted by molar-refractivity contribution is 0.493. The first-order chi connectivity index (χ1) is 21.3. The zero-order chi connectivity index (χ0) is 30.4. The topological polar surface area (TPSA) is 0 Å². The van der Waals surface area contributed by atoms with Gasteiger partial charge >= 0.3 is 0 Å². The van der Waals surface area contributed by atoms with E-state index in [0.717, 1.165) is 18.4 Å². The Hall–Kier alpha value is -3.42. The highest BCUT2D eigenvalue weighted by Crippen LogP contribution is 2.51. The van der Waals surface area contributed by atoms with Crippen LogP contribution in [0.4, 0.5) is 0 Å². The van der Waals surface area contributed by atoms with Gasteiger partial charge in [-0.15, -0.1) is 0 Å². The molecule has 224 valence electrons. The third-order valence-electron chi connectivity index (χ3n) is 11.3. The lowest BCUT2D eigenvalue weighted by Crippen LogP contribution is -2.43. The summed E-state index contributed by atoms with van der Waals surface area (Å²) in [6.07, 6.45) is 14.6. The standard InChI is InChI=1S/C43H48Si/c1-29(2)31-17-21-33(22-18-31)40-15-9-11-35-25-38(27-42(35)40)44(5,37-13-7-6-8-14-37)39-26-36-12-10-16-41(43(36)28-39)34-23-19-32(20-24-34)30(3)4/h9-12,15-24,27-30,37H,6-8,13-14,25-26H2,1-5H3. The summed E-state index contributed by atoms with van der Waals surface area (Å²) in [6, 6.07) is 32.8. The molecular formula is C43H48Si. The van der Waals surface area contributed by atoms with E-state index in [1.807, 2.05) is 0 Å². The molecule has 0 bridgehead atoms. The Morgan fingerprint density at radius 3 is 1.39 bits per heavy atom. The lowest BCUT2D eigenvalue weighted by atomic mass is 9.94. The Balaban J connectivity index is 1.29. The normalized spacial score (nSPS) is 16.7. The average molecular weight is 593 g/mol. The van der Waals surface area contributed by atoms with Crippen molar-refractivity contribution in [3.8, 4) is 22.3 Å². The van der Waals surface area contributed by atoms with Crippen LogP contribution in [-0.2, 0) is 12.8 Å². The van der Waals surface area contributed by atoms with Gasteiger partial charge in [-0.1, -0.05) is 174 Å². The van der Waals surface area contributed by atoms with Crippen molar-refractivity contribution in [2.45, 2.75) is 96.6 Å². The predicted molar refractivity (Wildman–Crippen MR) is 194 cm³/mol. The highest BCUT2D eigenvalue weighted by molar-refractivity contribution is 6.94. The second-order valence-corrected chi connectivity index (χ2v) is 19.0. The second kappa shape index (κ2) is 11.8. The van der Waals surface area contributed by atoms with Crippen molar-refractivity contribution in [3.63, 3.8) is 0 Å². The summed E-state index contributed by atoms with van der Waals surface area (Å²) in [4.78, 5) is 0. The van der Waals surface area contributed by atoms with Gasteiger partial charge in [-0.25, -0.2) is 0 Å². The van der Waals surface area contributed by atoms with E-state index in [-0.39, 0.29) is 0 Å². The Morgan fingerprint density at radius 1 is 0.545 bits per heavy atom. The molecule has 0 atom stereocenters. The van der Waals surface area contributed by atoms with Crippen LogP contribution in [0.2, 0.25) is 12.1 Å². The molecular weight excluding hydrogens is 545 g/mol. The summed E-state index contributed by atoms with van der Waals surface area (Å²) in [5.41, 5.74) is 15.2. The highest BCUT2D eigenvalue weighted by atomic mass is 28.3. The molecule has 4 aromatic carbocycles. The molecule has 7 rings (SSSR count). The molecule has 0 radical (unpaired) electrons. The van der Waals surface area contributed by atoms with E-state index < -0.39 is 8.07 Å². The Morgan fingerprint density at radius 2 is 0.977 bits per heavy atom. The molecule has 0 amide bonds. The van der Waals surface area contributed by atoms with Gasteiger partial charge < -0.3 is 0 Å². The van der Waals surface area contributed by atoms with Gasteiger partial charge in [0, 0.05) is 0 Å². The number of benzene rings is 4. The predicted octanol–water partition coefficient (Wildman–Crippen LogP) is 12.3. The third-order valence-corrected chi connectivity index (χ3v) is 16.8. The molecule has 0 aliphatic heterocycles. The third kappa shape index (κ3) is 5.18.